The van der Waals surface area contributed by atoms with Gasteiger partial charge in [0.05, 0.1) is 0 Å². The Balaban J connectivity index is 2.26. The predicted molar refractivity (Wildman–Crippen MR) is 73.5 cm³/mol. The van der Waals surface area contributed by atoms with Crippen LogP contribution in [0, 0.1) is 6.92 Å². The van der Waals surface area contributed by atoms with E-state index < -0.39 is 0 Å². The average molecular weight is 263 g/mol. The van der Waals surface area contributed by atoms with Crippen LogP contribution in [0.1, 0.15) is 5.56 Å². The van der Waals surface area contributed by atoms with Gasteiger partial charge in [-0.2, -0.15) is 0 Å². The van der Waals surface area contributed by atoms with Crippen LogP contribution in [-0.2, 0) is 0 Å². The maximum atomic E-state index is 5.74. The zero-order chi connectivity index (χ0) is 12.3. The van der Waals surface area contributed by atoms with Crippen molar-refractivity contribution in [3.63, 3.8) is 0 Å². The SMILES string of the molecule is CSc1nc(N)cc(Sc2cccc(C)c2)n1. The van der Waals surface area contributed by atoms with E-state index in [1.54, 1.807) is 17.8 Å². The van der Waals surface area contributed by atoms with Crippen molar-refractivity contribution >= 4 is 29.3 Å². The van der Waals surface area contributed by atoms with Crippen molar-refractivity contribution in [3.8, 4) is 0 Å². The van der Waals surface area contributed by atoms with E-state index in [9.17, 15) is 0 Å². The summed E-state index contributed by atoms with van der Waals surface area (Å²) in [4.78, 5) is 9.70. The number of nitrogen functional groups attached to an aromatic ring is 1. The van der Waals surface area contributed by atoms with Gasteiger partial charge in [-0.3, -0.25) is 0 Å². The highest BCUT2D eigenvalue weighted by molar-refractivity contribution is 7.99. The van der Waals surface area contributed by atoms with Crippen molar-refractivity contribution in [2.75, 3.05) is 12.0 Å². The van der Waals surface area contributed by atoms with Crippen LogP contribution < -0.4 is 5.73 Å². The van der Waals surface area contributed by atoms with Crippen molar-refractivity contribution in [2.45, 2.75) is 22.0 Å². The molecule has 0 aliphatic carbocycles. The van der Waals surface area contributed by atoms with E-state index in [1.165, 1.54) is 17.3 Å². The van der Waals surface area contributed by atoms with Crippen LogP contribution in [-0.4, -0.2) is 16.2 Å². The Labute approximate surface area is 109 Å². The molecule has 2 rings (SSSR count). The summed E-state index contributed by atoms with van der Waals surface area (Å²) in [6.07, 6.45) is 1.94. The topological polar surface area (TPSA) is 51.8 Å². The molecule has 0 spiro atoms. The van der Waals surface area contributed by atoms with Crippen LogP contribution in [0.3, 0.4) is 0 Å². The molecule has 1 aromatic carbocycles. The van der Waals surface area contributed by atoms with Crippen LogP contribution in [0.15, 0.2) is 45.4 Å². The number of hydrogen-bond acceptors (Lipinski definition) is 5. The first kappa shape index (κ1) is 12.3. The van der Waals surface area contributed by atoms with Crippen molar-refractivity contribution in [3.05, 3.63) is 35.9 Å². The molecule has 0 unspecified atom stereocenters. The second kappa shape index (κ2) is 5.42. The van der Waals surface area contributed by atoms with Gasteiger partial charge in [0.15, 0.2) is 5.16 Å². The summed E-state index contributed by atoms with van der Waals surface area (Å²) in [5, 5.41) is 1.59. The van der Waals surface area contributed by atoms with E-state index in [0.717, 1.165) is 9.92 Å². The quantitative estimate of drug-likeness (QED) is 0.523. The minimum Gasteiger partial charge on any atom is -0.384 e. The molecule has 0 bridgehead atoms. The highest BCUT2D eigenvalue weighted by Gasteiger charge is 2.04. The Morgan fingerprint density at radius 1 is 1.18 bits per heavy atom. The van der Waals surface area contributed by atoms with Crippen molar-refractivity contribution in [1.82, 2.24) is 9.97 Å². The van der Waals surface area contributed by atoms with Crippen molar-refractivity contribution in [2.24, 2.45) is 0 Å². The summed E-state index contributed by atoms with van der Waals surface area (Å²) in [6.45, 7) is 2.08. The van der Waals surface area contributed by atoms with Gasteiger partial charge in [0.1, 0.15) is 10.8 Å². The summed E-state index contributed by atoms with van der Waals surface area (Å²) in [6, 6.07) is 10.1. The van der Waals surface area contributed by atoms with Crippen LogP contribution in [0.2, 0.25) is 0 Å². The summed E-state index contributed by atoms with van der Waals surface area (Å²) in [7, 11) is 0. The highest BCUT2D eigenvalue weighted by Crippen LogP contribution is 2.28. The third-order valence-electron chi connectivity index (χ3n) is 2.10. The molecule has 0 saturated heterocycles. The van der Waals surface area contributed by atoms with Gasteiger partial charge in [-0.05, 0) is 25.3 Å². The summed E-state index contributed by atoms with van der Waals surface area (Å²) >= 11 is 3.10. The molecule has 0 aliphatic rings. The van der Waals surface area contributed by atoms with E-state index in [0.29, 0.717) is 11.0 Å². The lowest BCUT2D eigenvalue weighted by Crippen LogP contribution is -1.95. The number of aromatic nitrogens is 2. The molecule has 1 aromatic heterocycles. The lowest BCUT2D eigenvalue weighted by molar-refractivity contribution is 0.902. The Bertz CT molecular complexity index is 529. The fourth-order valence-electron chi connectivity index (χ4n) is 1.36. The van der Waals surface area contributed by atoms with Gasteiger partial charge in [0.2, 0.25) is 0 Å². The molecule has 0 amide bonds. The number of nitrogens with two attached hydrogens (primary N) is 1. The third-order valence-corrected chi connectivity index (χ3v) is 3.55. The first-order valence-corrected chi connectivity index (χ1v) is 7.14. The number of rotatable bonds is 3. The molecule has 0 aliphatic heterocycles. The molecule has 0 saturated carbocycles. The van der Waals surface area contributed by atoms with Gasteiger partial charge in [0.25, 0.3) is 0 Å². The fourth-order valence-corrected chi connectivity index (χ4v) is 2.75. The van der Waals surface area contributed by atoms with E-state index in [2.05, 4.69) is 35.1 Å². The number of hydrogen-bond donors (Lipinski definition) is 1. The van der Waals surface area contributed by atoms with Gasteiger partial charge >= 0.3 is 0 Å². The van der Waals surface area contributed by atoms with Crippen LogP contribution in [0.5, 0.6) is 0 Å². The zero-order valence-electron chi connectivity index (χ0n) is 9.68. The van der Waals surface area contributed by atoms with Crippen LogP contribution in [0.4, 0.5) is 5.82 Å². The largest absolute Gasteiger partial charge is 0.384 e. The normalized spacial score (nSPS) is 10.5. The van der Waals surface area contributed by atoms with Gasteiger partial charge < -0.3 is 5.73 Å². The molecule has 0 atom stereocenters. The maximum absolute atomic E-state index is 5.74. The predicted octanol–water partition coefficient (Wildman–Crippen LogP) is 3.24. The highest BCUT2D eigenvalue weighted by atomic mass is 32.2. The molecule has 2 aromatic rings. The van der Waals surface area contributed by atoms with Crippen LogP contribution >= 0.6 is 23.5 Å². The molecular formula is C12H13N3S2. The van der Waals surface area contributed by atoms with E-state index >= 15 is 0 Å². The van der Waals surface area contributed by atoms with E-state index in [1.807, 2.05) is 12.3 Å². The standard InChI is InChI=1S/C12H13N3S2/c1-8-4-3-5-9(6-8)17-11-7-10(13)14-12(15-11)16-2/h3-7H,1-2H3,(H2,13,14,15). The molecule has 3 nitrogen and oxygen atoms in total. The van der Waals surface area contributed by atoms with Gasteiger partial charge in [0, 0.05) is 11.0 Å². The fraction of sp³-hybridized carbons (Fsp3) is 0.167. The molecule has 0 radical (unpaired) electrons. The number of anilines is 1. The maximum Gasteiger partial charge on any atom is 0.190 e. The number of nitrogens with zero attached hydrogens (tertiary/aromatic N) is 2. The van der Waals surface area contributed by atoms with Crippen molar-refractivity contribution < 1.29 is 0 Å². The minimum atomic E-state index is 0.513. The first-order valence-electron chi connectivity index (χ1n) is 5.10. The molecule has 1 heterocycles. The number of thioether (sulfide) groups is 1. The first-order chi connectivity index (χ1) is 8.17. The average Bonchev–Trinajstić information content (AvgIpc) is 2.28. The summed E-state index contributed by atoms with van der Waals surface area (Å²) in [5.74, 6) is 0.513. The molecule has 0 fully saturated rings. The Morgan fingerprint density at radius 2 is 2.00 bits per heavy atom. The lowest BCUT2D eigenvalue weighted by atomic mass is 10.2. The third kappa shape index (κ3) is 3.38. The zero-order valence-corrected chi connectivity index (χ0v) is 11.3. The Hall–Kier alpha value is -1.20. The molecule has 88 valence electrons. The van der Waals surface area contributed by atoms with Gasteiger partial charge in [-0.15, -0.1) is 0 Å². The van der Waals surface area contributed by atoms with Gasteiger partial charge in [-0.1, -0.05) is 41.2 Å². The van der Waals surface area contributed by atoms with E-state index in [-0.39, 0.29) is 0 Å². The molecule has 2 N–H and O–H groups in total. The monoisotopic (exact) mass is 263 g/mol. The molecular weight excluding hydrogens is 250 g/mol. The van der Waals surface area contributed by atoms with E-state index in [4.69, 9.17) is 5.73 Å². The Morgan fingerprint density at radius 3 is 2.71 bits per heavy atom. The molecule has 17 heavy (non-hydrogen) atoms. The second-order valence-corrected chi connectivity index (χ2v) is 5.40. The molecule has 5 heteroatoms. The minimum absolute atomic E-state index is 0.513. The summed E-state index contributed by atoms with van der Waals surface area (Å²) in [5.41, 5.74) is 6.98. The van der Waals surface area contributed by atoms with Gasteiger partial charge in [-0.25, -0.2) is 9.97 Å². The van der Waals surface area contributed by atoms with Crippen LogP contribution in [0.25, 0.3) is 0 Å². The second-order valence-electron chi connectivity index (χ2n) is 3.54. The number of benzene rings is 1. The van der Waals surface area contributed by atoms with Crippen molar-refractivity contribution in [1.29, 1.82) is 0 Å². The summed E-state index contributed by atoms with van der Waals surface area (Å²) < 4.78 is 0. The Kier molecular flexibility index (Phi) is 3.91. The number of aryl methyl sites for hydroxylation is 1. The smallest absolute Gasteiger partial charge is 0.190 e. The lowest BCUT2D eigenvalue weighted by Gasteiger charge is -2.04.